The van der Waals surface area contributed by atoms with Gasteiger partial charge in [0, 0.05) is 29.0 Å². The molecule has 0 aliphatic carbocycles. The maximum absolute atomic E-state index is 12.2. The first-order valence-electron chi connectivity index (χ1n) is 3.65. The predicted molar refractivity (Wildman–Crippen MR) is 49.9 cm³/mol. The third-order valence-electron chi connectivity index (χ3n) is 1.95. The molecule has 0 saturated heterocycles. The Hall–Kier alpha value is -0.960. The summed E-state index contributed by atoms with van der Waals surface area (Å²) in [6.07, 6.45) is 1.97. The quantitative estimate of drug-likeness (QED) is 0.654. The van der Waals surface area contributed by atoms with Gasteiger partial charge in [0.2, 0.25) is 0 Å². The average molecular weight is 181 g/mol. The summed E-state index contributed by atoms with van der Waals surface area (Å²) in [5, 5.41) is 1.08. The van der Waals surface area contributed by atoms with Crippen LogP contribution in [0.5, 0.6) is 0 Å². The molecule has 62 valence electrons. The van der Waals surface area contributed by atoms with Crippen molar-refractivity contribution in [3.8, 4) is 0 Å². The molecule has 0 N–H and O–H groups in total. The molecule has 0 aliphatic rings. The lowest BCUT2D eigenvalue weighted by Crippen LogP contribution is -1.82. The third-order valence-corrected chi connectivity index (χ3v) is 2.38. The highest BCUT2D eigenvalue weighted by Crippen LogP contribution is 2.24. The Bertz CT molecular complexity index is 408. The van der Waals surface area contributed by atoms with Crippen molar-refractivity contribution in [3.05, 3.63) is 30.5 Å². The van der Waals surface area contributed by atoms with Crippen molar-refractivity contribution >= 4 is 23.1 Å². The molecule has 0 atom stereocenters. The molecule has 1 heterocycles. The summed E-state index contributed by atoms with van der Waals surface area (Å²) in [5.41, 5.74) is 1.13. The first-order chi connectivity index (χ1) is 5.81. The molecule has 0 aliphatic heterocycles. The van der Waals surface area contributed by atoms with Gasteiger partial charge in [0.15, 0.2) is 0 Å². The van der Waals surface area contributed by atoms with E-state index < -0.39 is 0 Å². The van der Waals surface area contributed by atoms with E-state index in [4.69, 9.17) is 0 Å². The number of aryl methyl sites for hydroxylation is 1. The molecule has 0 radical (unpaired) electrons. The number of benzene rings is 1. The standard InChI is InChI=1S/C9H8FNS/c1-11-5-4-7-6-8(12-10)2-3-9(7)11/h2-6H,1H3. The van der Waals surface area contributed by atoms with Gasteiger partial charge in [-0.2, -0.15) is 3.89 Å². The molecule has 0 spiro atoms. The van der Waals surface area contributed by atoms with Crippen LogP contribution in [0, 0.1) is 0 Å². The second-order valence-electron chi connectivity index (χ2n) is 2.72. The van der Waals surface area contributed by atoms with Crippen LogP contribution in [0.1, 0.15) is 0 Å². The third kappa shape index (κ3) is 1.10. The zero-order valence-electron chi connectivity index (χ0n) is 6.62. The number of fused-ring (bicyclic) bond motifs is 1. The van der Waals surface area contributed by atoms with Crippen molar-refractivity contribution in [1.29, 1.82) is 0 Å². The summed E-state index contributed by atoms with van der Waals surface area (Å²) in [6.45, 7) is 0. The van der Waals surface area contributed by atoms with Crippen molar-refractivity contribution in [2.45, 2.75) is 4.90 Å². The van der Waals surface area contributed by atoms with Crippen molar-refractivity contribution < 1.29 is 3.89 Å². The van der Waals surface area contributed by atoms with E-state index in [2.05, 4.69) is 0 Å². The maximum Gasteiger partial charge on any atom is 0.0812 e. The van der Waals surface area contributed by atoms with Gasteiger partial charge in [-0.1, -0.05) is 0 Å². The highest BCUT2D eigenvalue weighted by molar-refractivity contribution is 7.94. The molecular formula is C9H8FNS. The normalized spacial score (nSPS) is 10.8. The Morgan fingerprint density at radius 2 is 2.17 bits per heavy atom. The lowest BCUT2D eigenvalue weighted by Gasteiger charge is -1.96. The Morgan fingerprint density at radius 3 is 2.92 bits per heavy atom. The lowest BCUT2D eigenvalue weighted by molar-refractivity contribution is 0.934. The van der Waals surface area contributed by atoms with Crippen molar-refractivity contribution in [1.82, 2.24) is 4.57 Å². The molecule has 0 amide bonds. The summed E-state index contributed by atoms with van der Waals surface area (Å²) < 4.78 is 14.2. The van der Waals surface area contributed by atoms with Gasteiger partial charge in [0.05, 0.1) is 12.1 Å². The van der Waals surface area contributed by atoms with Crippen LogP contribution < -0.4 is 0 Å². The second-order valence-corrected chi connectivity index (χ2v) is 3.35. The van der Waals surface area contributed by atoms with E-state index in [1.54, 1.807) is 6.07 Å². The summed E-state index contributed by atoms with van der Waals surface area (Å²) in [4.78, 5) is 0.661. The van der Waals surface area contributed by atoms with Crippen LogP contribution in [0.25, 0.3) is 10.9 Å². The van der Waals surface area contributed by atoms with E-state index in [1.165, 1.54) is 0 Å². The summed E-state index contributed by atoms with van der Waals surface area (Å²) in [7, 11) is 1.98. The van der Waals surface area contributed by atoms with E-state index >= 15 is 0 Å². The molecule has 0 unspecified atom stereocenters. The zero-order valence-corrected chi connectivity index (χ0v) is 7.44. The largest absolute Gasteiger partial charge is 0.351 e. The van der Waals surface area contributed by atoms with Gasteiger partial charge in [0.1, 0.15) is 0 Å². The highest BCUT2D eigenvalue weighted by atomic mass is 32.2. The second kappa shape index (κ2) is 2.83. The Morgan fingerprint density at radius 1 is 1.33 bits per heavy atom. The van der Waals surface area contributed by atoms with Crippen molar-refractivity contribution in [2.75, 3.05) is 0 Å². The van der Waals surface area contributed by atoms with Gasteiger partial charge < -0.3 is 4.57 Å². The minimum Gasteiger partial charge on any atom is -0.351 e. The monoisotopic (exact) mass is 181 g/mol. The smallest absolute Gasteiger partial charge is 0.0812 e. The van der Waals surface area contributed by atoms with Crippen LogP contribution in [-0.2, 0) is 7.05 Å². The van der Waals surface area contributed by atoms with Crippen LogP contribution >= 0.6 is 12.1 Å². The summed E-state index contributed by atoms with van der Waals surface area (Å²) >= 11 is 0.284. The fourth-order valence-electron chi connectivity index (χ4n) is 1.31. The first-order valence-corrected chi connectivity index (χ1v) is 4.36. The molecule has 0 bridgehead atoms. The topological polar surface area (TPSA) is 4.93 Å². The number of hydrogen-bond acceptors (Lipinski definition) is 1. The van der Waals surface area contributed by atoms with Crippen LogP contribution in [0.2, 0.25) is 0 Å². The van der Waals surface area contributed by atoms with Gasteiger partial charge in [-0.3, -0.25) is 0 Å². The Labute approximate surface area is 74.5 Å². The van der Waals surface area contributed by atoms with Gasteiger partial charge in [-0.15, -0.1) is 0 Å². The average Bonchev–Trinajstić information content (AvgIpc) is 2.47. The van der Waals surface area contributed by atoms with Gasteiger partial charge >= 0.3 is 0 Å². The number of halogens is 1. The predicted octanol–water partition coefficient (Wildman–Crippen LogP) is 3.15. The van der Waals surface area contributed by atoms with E-state index in [0.29, 0.717) is 4.90 Å². The number of hydrogen-bond donors (Lipinski definition) is 0. The molecule has 3 heteroatoms. The molecule has 2 aromatic rings. The maximum atomic E-state index is 12.2. The SMILES string of the molecule is Cn1ccc2cc(SF)ccc21. The van der Waals surface area contributed by atoms with Crippen molar-refractivity contribution in [3.63, 3.8) is 0 Å². The van der Waals surface area contributed by atoms with Crippen molar-refractivity contribution in [2.24, 2.45) is 7.05 Å². The molecule has 0 fully saturated rings. The van der Waals surface area contributed by atoms with E-state index in [1.807, 2.05) is 36.0 Å². The van der Waals surface area contributed by atoms with Crippen LogP contribution in [-0.4, -0.2) is 4.57 Å². The van der Waals surface area contributed by atoms with E-state index in [0.717, 1.165) is 10.9 Å². The highest BCUT2D eigenvalue weighted by Gasteiger charge is 1.99. The number of aromatic nitrogens is 1. The molecule has 1 aromatic carbocycles. The zero-order chi connectivity index (χ0) is 8.55. The fraction of sp³-hybridized carbons (Fsp3) is 0.111. The van der Waals surface area contributed by atoms with Crippen LogP contribution in [0.4, 0.5) is 3.89 Å². The molecule has 1 nitrogen and oxygen atoms in total. The fourth-order valence-corrected chi connectivity index (χ4v) is 1.60. The molecular weight excluding hydrogens is 173 g/mol. The summed E-state index contributed by atoms with van der Waals surface area (Å²) in [5.74, 6) is 0. The number of nitrogens with zero attached hydrogens (tertiary/aromatic N) is 1. The molecule has 0 saturated carbocycles. The number of rotatable bonds is 1. The minimum absolute atomic E-state index is 0.284. The van der Waals surface area contributed by atoms with Gasteiger partial charge in [-0.05, 0) is 24.3 Å². The Balaban J connectivity index is 2.69. The van der Waals surface area contributed by atoms with E-state index in [-0.39, 0.29) is 12.1 Å². The molecule has 1 aromatic heterocycles. The van der Waals surface area contributed by atoms with Gasteiger partial charge in [-0.25, -0.2) is 0 Å². The van der Waals surface area contributed by atoms with E-state index in [9.17, 15) is 3.89 Å². The Kier molecular flexibility index (Phi) is 1.81. The van der Waals surface area contributed by atoms with Gasteiger partial charge in [0.25, 0.3) is 0 Å². The minimum atomic E-state index is 0.284. The van der Waals surface area contributed by atoms with Crippen LogP contribution in [0.15, 0.2) is 35.4 Å². The molecule has 12 heavy (non-hydrogen) atoms. The van der Waals surface area contributed by atoms with Crippen LogP contribution in [0.3, 0.4) is 0 Å². The molecule has 2 rings (SSSR count). The summed E-state index contributed by atoms with van der Waals surface area (Å²) in [6, 6.07) is 7.54. The lowest BCUT2D eigenvalue weighted by atomic mass is 10.2. The first kappa shape index (κ1) is 7.68.